The van der Waals surface area contributed by atoms with Crippen molar-refractivity contribution < 1.29 is 9.59 Å². The largest absolute Gasteiger partial charge is 0.727 e. The predicted molar refractivity (Wildman–Crippen MR) is 136 cm³/mol. The molecule has 11 heteroatoms. The number of likely N-dealkylation sites (tertiary alicyclic amines) is 1. The molecule has 2 aliphatic rings. The third-order valence-electron chi connectivity index (χ3n) is 6.63. The lowest BCUT2D eigenvalue weighted by Crippen LogP contribution is -2.53. The van der Waals surface area contributed by atoms with Crippen LogP contribution in [0.4, 0.5) is 10.5 Å². The van der Waals surface area contributed by atoms with Gasteiger partial charge in [0.05, 0.1) is 18.4 Å². The van der Waals surface area contributed by atoms with Crippen LogP contribution >= 0.6 is 11.6 Å². The van der Waals surface area contributed by atoms with Crippen molar-refractivity contribution in [3.8, 4) is 0 Å². The molecular weight excluding hydrogens is 482 g/mol. The lowest BCUT2D eigenvalue weighted by Gasteiger charge is -2.44. The van der Waals surface area contributed by atoms with Gasteiger partial charge in [0.1, 0.15) is 11.9 Å². The quantitative estimate of drug-likeness (QED) is 0.545. The number of nitrogens with one attached hydrogen (secondary N) is 2. The summed E-state index contributed by atoms with van der Waals surface area (Å²) in [6, 6.07) is 14.6. The molecule has 5 rings (SSSR count). The van der Waals surface area contributed by atoms with Gasteiger partial charge >= 0.3 is 6.03 Å². The molecule has 1 saturated heterocycles. The molecule has 0 spiro atoms. The summed E-state index contributed by atoms with van der Waals surface area (Å²) in [5.74, 6) is 0.468. The van der Waals surface area contributed by atoms with Gasteiger partial charge in [0, 0.05) is 29.8 Å². The maximum Gasteiger partial charge on any atom is 0.320 e. The second-order valence-corrected chi connectivity index (χ2v) is 9.40. The Morgan fingerprint density at radius 3 is 2.56 bits per heavy atom. The Morgan fingerprint density at radius 2 is 1.86 bits per heavy atom. The number of carbonyl (C=O) groups is 2. The topological polar surface area (TPSA) is 109 Å². The fraction of sp³-hybridized carbons (Fsp3) is 0.320. The average molecular weight is 509 g/mol. The number of anilines is 1. The van der Waals surface area contributed by atoms with Crippen molar-refractivity contribution in [3.63, 3.8) is 0 Å². The van der Waals surface area contributed by atoms with Gasteiger partial charge in [0.15, 0.2) is 0 Å². The number of aryl methyl sites for hydroxylation is 1. The van der Waals surface area contributed by atoms with Crippen LogP contribution in [0.15, 0.2) is 60.8 Å². The maximum atomic E-state index is 13.6. The van der Waals surface area contributed by atoms with Crippen molar-refractivity contribution in [2.45, 2.75) is 38.4 Å². The minimum atomic E-state index is -0.848. The molecule has 1 fully saturated rings. The molecular formula is C25H27ClN7O3-. The number of halogens is 1. The van der Waals surface area contributed by atoms with Crippen molar-refractivity contribution in [1.29, 1.82) is 0 Å². The van der Waals surface area contributed by atoms with Gasteiger partial charge in [-0.25, -0.2) is 19.5 Å². The lowest BCUT2D eigenvalue weighted by atomic mass is 10.0. The SMILES string of the molecule is Cc1ncc2n1N([O-])N(C1CCN(C(=O)C(NC(=O)Nc3cccc(Cl)c3)c3ccccc3)CC1)C2. The maximum absolute atomic E-state index is 13.6. The monoisotopic (exact) mass is 508 g/mol. The van der Waals surface area contributed by atoms with E-state index in [1.165, 1.54) is 0 Å². The Hall–Kier alpha value is -3.60. The van der Waals surface area contributed by atoms with E-state index >= 15 is 0 Å². The minimum absolute atomic E-state index is 0.0140. The summed E-state index contributed by atoms with van der Waals surface area (Å²) in [7, 11) is 0. The van der Waals surface area contributed by atoms with E-state index in [2.05, 4.69) is 15.6 Å². The summed E-state index contributed by atoms with van der Waals surface area (Å²) in [5.41, 5.74) is 2.09. The fourth-order valence-electron chi connectivity index (χ4n) is 4.80. The van der Waals surface area contributed by atoms with Crippen LogP contribution in [-0.2, 0) is 11.3 Å². The number of piperidine rings is 1. The van der Waals surface area contributed by atoms with Crippen LogP contribution in [0.25, 0.3) is 0 Å². The van der Waals surface area contributed by atoms with E-state index in [-0.39, 0.29) is 11.9 Å². The first-order valence-corrected chi connectivity index (χ1v) is 12.2. The number of hydrogen-bond donors (Lipinski definition) is 2. The van der Waals surface area contributed by atoms with Gasteiger partial charge in [-0.15, -0.1) is 0 Å². The van der Waals surface area contributed by atoms with Crippen LogP contribution in [0.2, 0.25) is 5.02 Å². The van der Waals surface area contributed by atoms with Crippen LogP contribution < -0.4 is 15.9 Å². The Kier molecular flexibility index (Phi) is 6.82. The highest BCUT2D eigenvalue weighted by Gasteiger charge is 2.35. The number of fused-ring (bicyclic) bond motifs is 1. The average Bonchev–Trinajstić information content (AvgIpc) is 3.42. The van der Waals surface area contributed by atoms with Gasteiger partial charge in [0.25, 0.3) is 0 Å². The highest BCUT2D eigenvalue weighted by molar-refractivity contribution is 6.30. The number of rotatable bonds is 5. The summed E-state index contributed by atoms with van der Waals surface area (Å²) in [6.07, 6.45) is 3.03. The van der Waals surface area contributed by atoms with E-state index in [9.17, 15) is 14.8 Å². The minimum Gasteiger partial charge on any atom is -0.727 e. The molecule has 1 aromatic heterocycles. The van der Waals surface area contributed by atoms with E-state index in [4.69, 9.17) is 11.6 Å². The molecule has 0 radical (unpaired) electrons. The Morgan fingerprint density at radius 1 is 1.11 bits per heavy atom. The fourth-order valence-corrected chi connectivity index (χ4v) is 4.99. The van der Waals surface area contributed by atoms with E-state index in [1.54, 1.807) is 52.0 Å². The first kappa shape index (κ1) is 24.1. The molecule has 0 bridgehead atoms. The zero-order valence-electron chi connectivity index (χ0n) is 19.8. The number of urea groups is 1. The third kappa shape index (κ3) is 4.88. The summed E-state index contributed by atoms with van der Waals surface area (Å²) < 4.78 is 1.57. The number of imidazole rings is 1. The van der Waals surface area contributed by atoms with Crippen LogP contribution in [0.3, 0.4) is 0 Å². The second-order valence-electron chi connectivity index (χ2n) is 8.97. The van der Waals surface area contributed by atoms with Crippen molar-refractivity contribution in [2.75, 3.05) is 23.7 Å². The highest BCUT2D eigenvalue weighted by atomic mass is 35.5. The number of nitrogens with zero attached hydrogens (tertiary/aromatic N) is 5. The molecule has 2 N–H and O–H groups in total. The molecule has 10 nitrogen and oxygen atoms in total. The summed E-state index contributed by atoms with van der Waals surface area (Å²) in [4.78, 5) is 32.3. The molecule has 0 aliphatic carbocycles. The molecule has 0 saturated carbocycles. The molecule has 3 amide bonds. The lowest BCUT2D eigenvalue weighted by molar-refractivity contribution is -0.135. The second kappa shape index (κ2) is 10.2. The molecule has 36 heavy (non-hydrogen) atoms. The van der Waals surface area contributed by atoms with Crippen LogP contribution in [0.1, 0.15) is 36.0 Å². The standard InChI is InChI=1S/C25H27ClN7O3/c1-17-27-15-22-16-31(33(36)32(17)22)21-10-12-30(13-11-21)24(34)23(18-6-3-2-4-7-18)29-25(35)28-20-9-5-8-19(26)14-20/h2-9,14-15,21,23H,10-13,16H2,1H3,(H2,28,29,35)/q-1. The van der Waals surface area contributed by atoms with Gasteiger partial charge in [-0.2, -0.15) is 0 Å². The van der Waals surface area contributed by atoms with Crippen molar-refractivity contribution in [3.05, 3.63) is 88.1 Å². The number of amides is 3. The number of carbonyl (C=O) groups excluding carboxylic acids is 2. The van der Waals surface area contributed by atoms with Gasteiger partial charge in [0.2, 0.25) is 5.91 Å². The number of aromatic nitrogens is 2. The first-order chi connectivity index (χ1) is 17.4. The molecule has 188 valence electrons. The normalized spacial score (nSPS) is 17.1. The molecule has 3 aromatic rings. The van der Waals surface area contributed by atoms with Crippen molar-refractivity contribution >= 4 is 29.2 Å². The molecule has 2 aromatic carbocycles. The van der Waals surface area contributed by atoms with E-state index in [1.807, 2.05) is 30.3 Å². The molecule has 1 atom stereocenters. The van der Waals surface area contributed by atoms with E-state index in [0.29, 0.717) is 54.6 Å². The Balaban J connectivity index is 1.24. The van der Waals surface area contributed by atoms with Crippen LogP contribution in [0.5, 0.6) is 0 Å². The van der Waals surface area contributed by atoms with Crippen LogP contribution in [-0.4, -0.2) is 50.6 Å². The Bertz CT molecular complexity index is 1240. The van der Waals surface area contributed by atoms with Crippen LogP contribution in [0, 0.1) is 12.1 Å². The van der Waals surface area contributed by atoms with Crippen molar-refractivity contribution in [2.24, 2.45) is 0 Å². The summed E-state index contributed by atoms with van der Waals surface area (Å²) >= 11 is 6.01. The molecule has 1 unspecified atom stereocenters. The third-order valence-corrected chi connectivity index (χ3v) is 6.86. The van der Waals surface area contributed by atoms with Gasteiger partial charge in [-0.1, -0.05) is 48.0 Å². The van der Waals surface area contributed by atoms with Crippen molar-refractivity contribution in [1.82, 2.24) is 24.9 Å². The molecule has 2 aliphatic heterocycles. The molecule has 3 heterocycles. The number of hydrogen-bond acceptors (Lipinski definition) is 6. The highest BCUT2D eigenvalue weighted by Crippen LogP contribution is 2.27. The van der Waals surface area contributed by atoms with Gasteiger partial charge in [-0.3, -0.25) is 4.79 Å². The summed E-state index contributed by atoms with van der Waals surface area (Å²) in [5, 5.41) is 21.5. The Labute approximate surface area is 214 Å². The zero-order valence-corrected chi connectivity index (χ0v) is 20.6. The number of benzene rings is 2. The van der Waals surface area contributed by atoms with Gasteiger partial charge < -0.3 is 26.0 Å². The summed E-state index contributed by atoms with van der Waals surface area (Å²) in [6.45, 7) is 3.28. The predicted octanol–water partition coefficient (Wildman–Crippen LogP) is 3.57. The van der Waals surface area contributed by atoms with E-state index < -0.39 is 12.1 Å². The first-order valence-electron chi connectivity index (χ1n) is 11.8. The smallest absolute Gasteiger partial charge is 0.320 e. The van der Waals surface area contributed by atoms with E-state index in [0.717, 1.165) is 11.0 Å². The van der Waals surface area contributed by atoms with Gasteiger partial charge in [-0.05, 0) is 43.5 Å². The zero-order chi connectivity index (χ0) is 25.2. The number of hydrazine groups is 1.